The Kier molecular flexibility index (Phi) is 5.44. The van der Waals surface area contributed by atoms with Crippen LogP contribution in [0.3, 0.4) is 0 Å². The summed E-state index contributed by atoms with van der Waals surface area (Å²) in [5.74, 6) is 1.12. The largest absolute Gasteiger partial charge is 0.508 e. The number of aromatic hydroxyl groups is 1. The van der Waals surface area contributed by atoms with Gasteiger partial charge < -0.3 is 5.11 Å². The van der Waals surface area contributed by atoms with Crippen LogP contribution in [0.2, 0.25) is 0 Å². The molecule has 0 aromatic heterocycles. The minimum absolute atomic E-state index is 0.395. The van der Waals surface area contributed by atoms with E-state index in [4.69, 9.17) is 0 Å². The zero-order valence-corrected chi connectivity index (χ0v) is 13.4. The smallest absolute Gasteiger partial charge is 0.118 e. The van der Waals surface area contributed by atoms with Gasteiger partial charge in [0, 0.05) is 0 Å². The molecule has 1 nitrogen and oxygen atoms in total. The van der Waals surface area contributed by atoms with Gasteiger partial charge in [-0.15, -0.1) is 0 Å². The summed E-state index contributed by atoms with van der Waals surface area (Å²) in [4.78, 5) is 0. The van der Waals surface area contributed by atoms with Crippen molar-refractivity contribution in [3.05, 3.63) is 64.7 Å². The summed E-state index contributed by atoms with van der Waals surface area (Å²) < 4.78 is 0. The van der Waals surface area contributed by atoms with Crippen LogP contribution in [0.5, 0.6) is 5.75 Å². The molecule has 2 rings (SSSR count). The van der Waals surface area contributed by atoms with E-state index in [9.17, 15) is 5.11 Å². The van der Waals surface area contributed by atoms with Crippen LogP contribution in [0.1, 0.15) is 42.0 Å². The lowest BCUT2D eigenvalue weighted by molar-refractivity contribution is 0.470. The maximum absolute atomic E-state index is 9.55. The highest BCUT2D eigenvalue weighted by Gasteiger charge is 2.05. The first-order chi connectivity index (χ1) is 10.0. The molecular formula is C20H26O. The lowest BCUT2D eigenvalue weighted by Crippen LogP contribution is -2.00. The van der Waals surface area contributed by atoms with Gasteiger partial charge in [-0.05, 0) is 68.2 Å². The van der Waals surface area contributed by atoms with Crippen LogP contribution in [0.15, 0.2) is 42.5 Å². The summed E-state index contributed by atoms with van der Waals surface area (Å²) in [6.45, 7) is 6.42. The van der Waals surface area contributed by atoms with Crippen molar-refractivity contribution >= 4 is 0 Å². The molecule has 0 bridgehead atoms. The van der Waals surface area contributed by atoms with E-state index in [1.807, 2.05) is 19.1 Å². The Balaban J connectivity index is 1.77. The van der Waals surface area contributed by atoms with Gasteiger partial charge in [-0.1, -0.05) is 48.9 Å². The molecule has 1 heteroatoms. The van der Waals surface area contributed by atoms with E-state index >= 15 is 0 Å². The Morgan fingerprint density at radius 1 is 0.857 bits per heavy atom. The minimum Gasteiger partial charge on any atom is -0.508 e. The predicted molar refractivity (Wildman–Crippen MR) is 89.8 cm³/mol. The molecule has 0 unspecified atom stereocenters. The van der Waals surface area contributed by atoms with E-state index in [1.54, 1.807) is 0 Å². The second-order valence-corrected chi connectivity index (χ2v) is 6.29. The second kappa shape index (κ2) is 7.31. The van der Waals surface area contributed by atoms with Crippen LogP contribution < -0.4 is 0 Å². The van der Waals surface area contributed by atoms with Crippen LogP contribution in [-0.2, 0) is 12.8 Å². The molecule has 0 fully saturated rings. The Labute approximate surface area is 128 Å². The SMILES string of the molecule is Cc1ccc(CC[C@@H](C)CCc2ccc(O)c(C)c2)cc1. The first-order valence-corrected chi connectivity index (χ1v) is 7.88. The third kappa shape index (κ3) is 4.93. The normalized spacial score (nSPS) is 12.3. The highest BCUT2D eigenvalue weighted by Crippen LogP contribution is 2.20. The van der Waals surface area contributed by atoms with Crippen LogP contribution in [0, 0.1) is 19.8 Å². The van der Waals surface area contributed by atoms with Crippen molar-refractivity contribution in [2.75, 3.05) is 0 Å². The standard InChI is InChI=1S/C20H26O/c1-15-4-8-18(9-5-15)10-6-16(2)7-11-19-12-13-20(21)17(3)14-19/h4-5,8-9,12-14,16,21H,6-7,10-11H2,1-3H3/t16-/m1/s1. The van der Waals surface area contributed by atoms with Gasteiger partial charge >= 0.3 is 0 Å². The van der Waals surface area contributed by atoms with Crippen molar-refractivity contribution < 1.29 is 5.11 Å². The second-order valence-electron chi connectivity index (χ2n) is 6.29. The summed E-state index contributed by atoms with van der Waals surface area (Å²) in [6.07, 6.45) is 4.70. The number of aryl methyl sites for hydroxylation is 4. The van der Waals surface area contributed by atoms with Gasteiger partial charge in [0.2, 0.25) is 0 Å². The summed E-state index contributed by atoms with van der Waals surface area (Å²) in [5.41, 5.74) is 5.06. The van der Waals surface area contributed by atoms with E-state index in [0.717, 1.165) is 24.3 Å². The van der Waals surface area contributed by atoms with Crippen LogP contribution in [0.25, 0.3) is 0 Å². The first kappa shape index (κ1) is 15.6. The number of hydrogen-bond acceptors (Lipinski definition) is 1. The Hall–Kier alpha value is -1.76. The highest BCUT2D eigenvalue weighted by atomic mass is 16.3. The summed E-state index contributed by atoms with van der Waals surface area (Å²) in [6, 6.07) is 14.8. The molecule has 0 aliphatic rings. The molecule has 0 saturated carbocycles. The Morgan fingerprint density at radius 2 is 1.43 bits per heavy atom. The molecule has 2 aromatic carbocycles. The molecule has 0 amide bonds. The quantitative estimate of drug-likeness (QED) is 0.771. The van der Waals surface area contributed by atoms with E-state index in [0.29, 0.717) is 5.75 Å². The molecule has 0 radical (unpaired) electrons. The van der Waals surface area contributed by atoms with Crippen molar-refractivity contribution in [1.82, 2.24) is 0 Å². The van der Waals surface area contributed by atoms with E-state index in [2.05, 4.69) is 44.2 Å². The molecule has 1 atom stereocenters. The van der Waals surface area contributed by atoms with Gasteiger partial charge in [0.15, 0.2) is 0 Å². The van der Waals surface area contributed by atoms with Crippen LogP contribution in [0.4, 0.5) is 0 Å². The average molecular weight is 282 g/mol. The molecule has 0 heterocycles. The third-order valence-corrected chi connectivity index (χ3v) is 4.23. The number of phenols is 1. The Bertz CT molecular complexity index is 569. The average Bonchev–Trinajstić information content (AvgIpc) is 2.48. The molecule has 0 spiro atoms. The van der Waals surface area contributed by atoms with Crippen molar-refractivity contribution in [2.24, 2.45) is 5.92 Å². The number of benzene rings is 2. The fraction of sp³-hybridized carbons (Fsp3) is 0.400. The predicted octanol–water partition coefficient (Wildman–Crippen LogP) is 5.21. The fourth-order valence-electron chi connectivity index (χ4n) is 2.60. The monoisotopic (exact) mass is 282 g/mol. The summed E-state index contributed by atoms with van der Waals surface area (Å²) in [5, 5.41) is 9.55. The van der Waals surface area contributed by atoms with Crippen LogP contribution in [-0.4, -0.2) is 5.11 Å². The molecule has 21 heavy (non-hydrogen) atoms. The van der Waals surface area contributed by atoms with Gasteiger partial charge in [0.25, 0.3) is 0 Å². The zero-order chi connectivity index (χ0) is 15.2. The number of phenolic OH excluding ortho intramolecular Hbond substituents is 1. The third-order valence-electron chi connectivity index (χ3n) is 4.23. The molecule has 2 aromatic rings. The van der Waals surface area contributed by atoms with Gasteiger partial charge in [-0.25, -0.2) is 0 Å². The van der Waals surface area contributed by atoms with Crippen molar-refractivity contribution in [1.29, 1.82) is 0 Å². The maximum Gasteiger partial charge on any atom is 0.118 e. The molecule has 0 saturated heterocycles. The molecular weight excluding hydrogens is 256 g/mol. The van der Waals surface area contributed by atoms with Gasteiger partial charge in [0.1, 0.15) is 5.75 Å². The van der Waals surface area contributed by atoms with E-state index < -0.39 is 0 Å². The topological polar surface area (TPSA) is 20.2 Å². The van der Waals surface area contributed by atoms with Crippen molar-refractivity contribution in [2.45, 2.75) is 46.5 Å². The minimum atomic E-state index is 0.395. The maximum atomic E-state index is 9.55. The molecule has 0 aliphatic heterocycles. The highest BCUT2D eigenvalue weighted by molar-refractivity contribution is 5.34. The number of rotatable bonds is 6. The zero-order valence-electron chi connectivity index (χ0n) is 13.4. The lowest BCUT2D eigenvalue weighted by atomic mass is 9.94. The van der Waals surface area contributed by atoms with Crippen LogP contribution >= 0.6 is 0 Å². The van der Waals surface area contributed by atoms with E-state index in [-0.39, 0.29) is 0 Å². The van der Waals surface area contributed by atoms with E-state index in [1.165, 1.54) is 29.5 Å². The van der Waals surface area contributed by atoms with Gasteiger partial charge in [-0.3, -0.25) is 0 Å². The summed E-state index contributed by atoms with van der Waals surface area (Å²) >= 11 is 0. The first-order valence-electron chi connectivity index (χ1n) is 7.88. The van der Waals surface area contributed by atoms with Crippen molar-refractivity contribution in [3.63, 3.8) is 0 Å². The number of hydrogen-bond donors (Lipinski definition) is 1. The lowest BCUT2D eigenvalue weighted by Gasteiger charge is -2.12. The molecule has 0 aliphatic carbocycles. The molecule has 1 N–H and O–H groups in total. The summed E-state index contributed by atoms with van der Waals surface area (Å²) in [7, 11) is 0. The van der Waals surface area contributed by atoms with Crippen molar-refractivity contribution in [3.8, 4) is 5.75 Å². The molecule has 112 valence electrons. The van der Waals surface area contributed by atoms with Gasteiger partial charge in [-0.2, -0.15) is 0 Å². The Morgan fingerprint density at radius 3 is 2.05 bits per heavy atom. The van der Waals surface area contributed by atoms with Gasteiger partial charge in [0.05, 0.1) is 0 Å². The fourth-order valence-corrected chi connectivity index (χ4v) is 2.60.